The van der Waals surface area contributed by atoms with Gasteiger partial charge in [0, 0.05) is 24.3 Å². The van der Waals surface area contributed by atoms with Crippen molar-refractivity contribution in [1.29, 1.82) is 0 Å². The molecule has 0 radical (unpaired) electrons. The largest absolute Gasteiger partial charge is 0.366 e. The summed E-state index contributed by atoms with van der Waals surface area (Å²) in [6.45, 7) is 3.27. The number of halogens is 1. The summed E-state index contributed by atoms with van der Waals surface area (Å²) in [6, 6.07) is 14.8. The predicted molar refractivity (Wildman–Crippen MR) is 106 cm³/mol. The maximum Gasteiger partial charge on any atom is 0.238 e. The zero-order chi connectivity index (χ0) is 19.2. The van der Waals surface area contributed by atoms with E-state index in [1.54, 1.807) is 16.8 Å². The number of rotatable bonds is 4. The third-order valence-corrected chi connectivity index (χ3v) is 6.15. The Morgan fingerprint density at radius 1 is 1.19 bits per heavy atom. The minimum atomic E-state index is -3.74. The quantitative estimate of drug-likeness (QED) is 0.727. The molecule has 2 aromatic carbocycles. The number of aromatic nitrogens is 2. The SMILES string of the molecule is Cc1nn(-c2ccccc2)c(Cl)c1CN1CCc2ccc(S(N)(=O)=O)cc21. The Morgan fingerprint density at radius 2 is 1.93 bits per heavy atom. The highest BCUT2D eigenvalue weighted by molar-refractivity contribution is 7.89. The average Bonchev–Trinajstić information content (AvgIpc) is 3.17. The molecule has 6 nitrogen and oxygen atoms in total. The van der Waals surface area contributed by atoms with E-state index in [0.29, 0.717) is 11.7 Å². The molecule has 4 rings (SSSR count). The Labute approximate surface area is 163 Å². The summed E-state index contributed by atoms with van der Waals surface area (Å²) in [5, 5.41) is 10.4. The third kappa shape index (κ3) is 3.34. The predicted octanol–water partition coefficient (Wildman–Crippen LogP) is 3.04. The van der Waals surface area contributed by atoms with Crippen LogP contribution >= 0.6 is 11.6 Å². The second-order valence-electron chi connectivity index (χ2n) is 6.61. The van der Waals surface area contributed by atoms with Crippen molar-refractivity contribution < 1.29 is 8.42 Å². The lowest BCUT2D eigenvalue weighted by molar-refractivity contribution is 0.598. The van der Waals surface area contributed by atoms with E-state index in [4.69, 9.17) is 16.7 Å². The maximum atomic E-state index is 11.7. The molecular weight excluding hydrogens is 384 g/mol. The normalized spacial score (nSPS) is 13.8. The molecule has 1 aliphatic rings. The number of fused-ring (bicyclic) bond motifs is 1. The van der Waals surface area contributed by atoms with Crippen molar-refractivity contribution >= 4 is 27.3 Å². The molecule has 0 fully saturated rings. The molecule has 3 aromatic rings. The van der Waals surface area contributed by atoms with Gasteiger partial charge in [-0.05, 0) is 43.2 Å². The molecule has 1 aromatic heterocycles. The molecule has 8 heteroatoms. The molecule has 2 heterocycles. The van der Waals surface area contributed by atoms with Crippen LogP contribution in [0, 0.1) is 6.92 Å². The number of para-hydroxylation sites is 1. The summed E-state index contributed by atoms with van der Waals surface area (Å²) in [7, 11) is -3.74. The Bertz CT molecular complexity index is 1110. The van der Waals surface area contributed by atoms with Gasteiger partial charge in [-0.3, -0.25) is 0 Å². The highest BCUT2D eigenvalue weighted by atomic mass is 35.5. The van der Waals surface area contributed by atoms with Crippen molar-refractivity contribution in [3.63, 3.8) is 0 Å². The van der Waals surface area contributed by atoms with E-state index in [-0.39, 0.29) is 4.90 Å². The molecule has 0 unspecified atom stereocenters. The first-order valence-corrected chi connectivity index (χ1v) is 10.5. The van der Waals surface area contributed by atoms with E-state index in [9.17, 15) is 8.42 Å². The highest BCUT2D eigenvalue weighted by Crippen LogP contribution is 2.33. The van der Waals surface area contributed by atoms with Gasteiger partial charge in [-0.15, -0.1) is 0 Å². The Kier molecular flexibility index (Phi) is 4.46. The molecule has 0 saturated heterocycles. The number of nitrogens with zero attached hydrogens (tertiary/aromatic N) is 3. The molecule has 1 aliphatic heterocycles. The summed E-state index contributed by atoms with van der Waals surface area (Å²) in [4.78, 5) is 2.24. The molecule has 0 bridgehead atoms. The number of benzene rings is 2. The zero-order valence-corrected chi connectivity index (χ0v) is 16.3. The van der Waals surface area contributed by atoms with E-state index in [1.807, 2.05) is 43.3 Å². The summed E-state index contributed by atoms with van der Waals surface area (Å²) in [5.41, 5.74) is 4.65. The number of hydrogen-bond acceptors (Lipinski definition) is 4. The molecule has 27 heavy (non-hydrogen) atoms. The van der Waals surface area contributed by atoms with Gasteiger partial charge >= 0.3 is 0 Å². The number of sulfonamides is 1. The van der Waals surface area contributed by atoms with Gasteiger partial charge in [0.2, 0.25) is 10.0 Å². The van der Waals surface area contributed by atoms with Crippen LogP contribution in [0.15, 0.2) is 53.4 Å². The summed E-state index contributed by atoms with van der Waals surface area (Å²) < 4.78 is 25.1. The number of primary sulfonamides is 1. The number of nitrogens with two attached hydrogens (primary N) is 1. The van der Waals surface area contributed by atoms with Crippen LogP contribution in [-0.2, 0) is 23.0 Å². The lowest BCUT2D eigenvalue weighted by Crippen LogP contribution is -2.21. The number of aryl methyl sites for hydroxylation is 1. The standard InChI is InChI=1S/C19H19ClN4O2S/c1-13-17(19(20)24(22-13)15-5-3-2-4-6-15)12-23-10-9-14-7-8-16(11-18(14)23)27(21,25)26/h2-8,11H,9-10,12H2,1H3,(H2,21,25,26). The van der Waals surface area contributed by atoms with Crippen LogP contribution in [0.3, 0.4) is 0 Å². The Balaban J connectivity index is 1.69. The highest BCUT2D eigenvalue weighted by Gasteiger charge is 2.24. The second kappa shape index (κ2) is 6.67. The van der Waals surface area contributed by atoms with Crippen molar-refractivity contribution in [1.82, 2.24) is 9.78 Å². The topological polar surface area (TPSA) is 81.2 Å². The fourth-order valence-electron chi connectivity index (χ4n) is 3.41. The van der Waals surface area contributed by atoms with Crippen molar-refractivity contribution in [2.45, 2.75) is 24.8 Å². The van der Waals surface area contributed by atoms with Crippen LogP contribution in [0.4, 0.5) is 5.69 Å². The van der Waals surface area contributed by atoms with Crippen molar-refractivity contribution in [3.8, 4) is 5.69 Å². The Hall–Kier alpha value is -2.35. The van der Waals surface area contributed by atoms with Gasteiger partial charge < -0.3 is 4.90 Å². The van der Waals surface area contributed by atoms with Crippen LogP contribution in [0.25, 0.3) is 5.69 Å². The first kappa shape index (κ1) is 18.0. The fraction of sp³-hybridized carbons (Fsp3) is 0.211. The minimum Gasteiger partial charge on any atom is -0.366 e. The zero-order valence-electron chi connectivity index (χ0n) is 14.8. The lowest BCUT2D eigenvalue weighted by Gasteiger charge is -2.20. The van der Waals surface area contributed by atoms with Gasteiger partial charge in [0.15, 0.2) is 0 Å². The monoisotopic (exact) mass is 402 g/mol. The van der Waals surface area contributed by atoms with Crippen LogP contribution in [0.1, 0.15) is 16.8 Å². The van der Waals surface area contributed by atoms with Gasteiger partial charge in [-0.1, -0.05) is 35.9 Å². The van der Waals surface area contributed by atoms with Gasteiger partial charge in [0.05, 0.1) is 16.3 Å². The van der Waals surface area contributed by atoms with Gasteiger partial charge in [-0.2, -0.15) is 5.10 Å². The number of hydrogen-bond donors (Lipinski definition) is 1. The van der Waals surface area contributed by atoms with E-state index >= 15 is 0 Å². The van der Waals surface area contributed by atoms with Crippen LogP contribution in [0.5, 0.6) is 0 Å². The molecular formula is C19H19ClN4O2S. The molecule has 2 N–H and O–H groups in total. The van der Waals surface area contributed by atoms with Crippen molar-refractivity contribution in [3.05, 3.63) is 70.5 Å². The summed E-state index contributed by atoms with van der Waals surface area (Å²) in [5.74, 6) is 0. The molecule has 0 atom stereocenters. The van der Waals surface area contributed by atoms with E-state index in [0.717, 1.165) is 41.2 Å². The molecule has 140 valence electrons. The smallest absolute Gasteiger partial charge is 0.238 e. The average molecular weight is 403 g/mol. The second-order valence-corrected chi connectivity index (χ2v) is 8.53. The van der Waals surface area contributed by atoms with E-state index in [2.05, 4.69) is 10.00 Å². The van der Waals surface area contributed by atoms with Crippen LogP contribution < -0.4 is 10.0 Å². The summed E-state index contributed by atoms with van der Waals surface area (Å²) >= 11 is 6.63. The molecule has 0 spiro atoms. The van der Waals surface area contributed by atoms with Gasteiger partial charge in [-0.25, -0.2) is 18.2 Å². The van der Waals surface area contributed by atoms with Gasteiger partial charge in [0.1, 0.15) is 5.15 Å². The van der Waals surface area contributed by atoms with E-state index < -0.39 is 10.0 Å². The molecule has 0 saturated carbocycles. The fourth-order valence-corrected chi connectivity index (χ4v) is 4.27. The van der Waals surface area contributed by atoms with Gasteiger partial charge in [0.25, 0.3) is 0 Å². The third-order valence-electron chi connectivity index (χ3n) is 4.85. The first-order chi connectivity index (χ1) is 12.8. The molecule has 0 amide bonds. The lowest BCUT2D eigenvalue weighted by atomic mass is 10.2. The minimum absolute atomic E-state index is 0.121. The maximum absolute atomic E-state index is 11.7. The van der Waals surface area contributed by atoms with Crippen molar-refractivity contribution in [2.24, 2.45) is 5.14 Å². The first-order valence-electron chi connectivity index (χ1n) is 8.54. The molecule has 0 aliphatic carbocycles. The van der Waals surface area contributed by atoms with Crippen LogP contribution in [0.2, 0.25) is 5.15 Å². The van der Waals surface area contributed by atoms with Crippen molar-refractivity contribution in [2.75, 3.05) is 11.4 Å². The number of anilines is 1. The van der Waals surface area contributed by atoms with Crippen LogP contribution in [-0.4, -0.2) is 24.7 Å². The van der Waals surface area contributed by atoms with E-state index in [1.165, 1.54) is 0 Å². The Morgan fingerprint density at radius 3 is 2.63 bits per heavy atom. The summed E-state index contributed by atoms with van der Waals surface area (Å²) in [6.07, 6.45) is 0.851.